The first kappa shape index (κ1) is 24.3. The van der Waals surface area contributed by atoms with Crippen molar-refractivity contribution < 1.29 is 24.2 Å². The highest BCUT2D eigenvalue weighted by Crippen LogP contribution is 2.44. The van der Waals surface area contributed by atoms with Gasteiger partial charge < -0.3 is 19.9 Å². The van der Waals surface area contributed by atoms with Crippen LogP contribution in [0.5, 0.6) is 5.75 Å². The summed E-state index contributed by atoms with van der Waals surface area (Å²) in [6.07, 6.45) is 0.0169. The Labute approximate surface area is 205 Å². The van der Waals surface area contributed by atoms with Crippen LogP contribution in [0.3, 0.4) is 0 Å². The van der Waals surface area contributed by atoms with E-state index in [9.17, 15) is 14.7 Å². The van der Waals surface area contributed by atoms with Crippen molar-refractivity contribution in [3.63, 3.8) is 0 Å². The molecule has 6 nitrogen and oxygen atoms in total. The summed E-state index contributed by atoms with van der Waals surface area (Å²) in [6.45, 7) is 6.08. The summed E-state index contributed by atoms with van der Waals surface area (Å²) in [5.74, 6) is -0.413. The minimum absolute atomic E-state index is 0.0785. The first-order valence-electron chi connectivity index (χ1n) is 11.8. The van der Waals surface area contributed by atoms with Crippen LogP contribution in [0, 0.1) is 0 Å². The summed E-state index contributed by atoms with van der Waals surface area (Å²) in [4.78, 5) is 24.3. The van der Waals surface area contributed by atoms with Crippen molar-refractivity contribution in [1.82, 2.24) is 5.32 Å². The number of carboxylic acids is 1. The number of ether oxygens (including phenoxy) is 2. The third-order valence-corrected chi connectivity index (χ3v) is 6.00. The van der Waals surface area contributed by atoms with Gasteiger partial charge in [-0.1, -0.05) is 60.7 Å². The fourth-order valence-corrected chi connectivity index (χ4v) is 4.43. The van der Waals surface area contributed by atoms with E-state index >= 15 is 0 Å². The summed E-state index contributed by atoms with van der Waals surface area (Å²) in [7, 11) is 0. The van der Waals surface area contributed by atoms with Crippen molar-refractivity contribution in [2.24, 2.45) is 0 Å². The number of carbonyl (C=O) groups is 2. The first-order chi connectivity index (χ1) is 16.7. The molecule has 0 radical (unpaired) electrons. The smallest absolute Gasteiger partial charge is 0.407 e. The summed E-state index contributed by atoms with van der Waals surface area (Å²) in [5.41, 5.74) is 5.17. The van der Waals surface area contributed by atoms with Crippen LogP contribution in [-0.4, -0.2) is 35.4 Å². The minimum atomic E-state index is -1.09. The zero-order chi connectivity index (χ0) is 25.0. The molecule has 4 rings (SSSR count). The normalized spacial score (nSPS) is 13.5. The topological polar surface area (TPSA) is 84.9 Å². The molecule has 3 aromatic carbocycles. The molecular weight excluding hydrogens is 442 g/mol. The number of benzene rings is 3. The van der Waals surface area contributed by atoms with Crippen LogP contribution in [0.25, 0.3) is 11.1 Å². The third kappa shape index (κ3) is 6.01. The van der Waals surface area contributed by atoms with E-state index in [4.69, 9.17) is 9.47 Å². The lowest BCUT2D eigenvalue weighted by Gasteiger charge is -2.21. The van der Waals surface area contributed by atoms with E-state index in [1.807, 2.05) is 81.4 Å². The largest absolute Gasteiger partial charge is 0.488 e. The second kappa shape index (κ2) is 10.2. The van der Waals surface area contributed by atoms with Gasteiger partial charge in [-0.15, -0.1) is 0 Å². The molecule has 1 aliphatic rings. The second-order valence-corrected chi connectivity index (χ2v) is 9.76. The van der Waals surface area contributed by atoms with Gasteiger partial charge in [0.2, 0.25) is 0 Å². The maximum Gasteiger partial charge on any atom is 0.407 e. The monoisotopic (exact) mass is 473 g/mol. The molecule has 1 aliphatic carbocycles. The van der Waals surface area contributed by atoms with Crippen molar-refractivity contribution in [3.8, 4) is 16.9 Å². The predicted octanol–water partition coefficient (Wildman–Crippen LogP) is 5.79. The Balaban J connectivity index is 1.33. The molecule has 0 heterocycles. The molecular formula is C29H31NO5. The van der Waals surface area contributed by atoms with Gasteiger partial charge in [0.05, 0.1) is 0 Å². The van der Waals surface area contributed by atoms with Gasteiger partial charge in [-0.25, -0.2) is 9.59 Å². The van der Waals surface area contributed by atoms with Gasteiger partial charge in [-0.3, -0.25) is 0 Å². The maximum absolute atomic E-state index is 12.5. The van der Waals surface area contributed by atoms with Crippen LogP contribution in [-0.2, 0) is 16.0 Å². The molecule has 0 aromatic heterocycles. The van der Waals surface area contributed by atoms with Gasteiger partial charge in [0.25, 0.3) is 0 Å². The summed E-state index contributed by atoms with van der Waals surface area (Å²) < 4.78 is 11.3. The van der Waals surface area contributed by atoms with Crippen molar-refractivity contribution in [2.45, 2.75) is 51.2 Å². The number of amides is 1. The molecule has 0 saturated heterocycles. The standard InChI is InChI=1S/C29H31NO5/c1-29(2,3)35-20-15-12-19(13-16-20)14-17-26(27(31)32)30-28(33)34-18-25-23-10-6-4-8-21(23)22-9-5-7-11-24(22)25/h4-13,15-16,25-26H,14,17-18H2,1-3H3,(H,30,33)(H,31,32)/t26-/m0/s1. The average Bonchev–Trinajstić information content (AvgIpc) is 3.14. The molecule has 0 fully saturated rings. The number of hydrogen-bond donors (Lipinski definition) is 2. The molecule has 1 atom stereocenters. The van der Waals surface area contributed by atoms with Gasteiger partial charge in [0.15, 0.2) is 0 Å². The maximum atomic E-state index is 12.5. The second-order valence-electron chi connectivity index (χ2n) is 9.76. The van der Waals surface area contributed by atoms with Crippen LogP contribution in [0.15, 0.2) is 72.8 Å². The Morgan fingerprint density at radius 3 is 2.03 bits per heavy atom. The van der Waals surface area contributed by atoms with E-state index < -0.39 is 18.1 Å². The fourth-order valence-electron chi connectivity index (χ4n) is 4.43. The van der Waals surface area contributed by atoms with E-state index in [1.165, 1.54) is 0 Å². The molecule has 0 bridgehead atoms. The lowest BCUT2D eigenvalue weighted by Crippen LogP contribution is -2.41. The van der Waals surface area contributed by atoms with E-state index in [2.05, 4.69) is 17.4 Å². The zero-order valence-corrected chi connectivity index (χ0v) is 20.3. The van der Waals surface area contributed by atoms with E-state index in [1.54, 1.807) is 0 Å². The molecule has 0 saturated carbocycles. The van der Waals surface area contributed by atoms with Gasteiger partial charge in [-0.05, 0) is 73.6 Å². The average molecular weight is 474 g/mol. The highest BCUT2D eigenvalue weighted by molar-refractivity contribution is 5.81. The minimum Gasteiger partial charge on any atom is -0.488 e. The molecule has 2 N–H and O–H groups in total. The third-order valence-electron chi connectivity index (χ3n) is 6.00. The Hall–Kier alpha value is -3.80. The Bertz CT molecular complexity index is 1150. The lowest BCUT2D eigenvalue weighted by molar-refractivity contribution is -0.139. The van der Waals surface area contributed by atoms with Crippen molar-refractivity contribution >= 4 is 12.1 Å². The number of aryl methyl sites for hydroxylation is 1. The number of nitrogens with one attached hydrogen (secondary N) is 1. The van der Waals surface area contributed by atoms with E-state index in [0.29, 0.717) is 6.42 Å². The fraction of sp³-hybridized carbons (Fsp3) is 0.310. The van der Waals surface area contributed by atoms with Crippen molar-refractivity contribution in [1.29, 1.82) is 0 Å². The number of aliphatic carboxylic acids is 1. The number of fused-ring (bicyclic) bond motifs is 3. The van der Waals surface area contributed by atoms with E-state index in [-0.39, 0.29) is 24.5 Å². The highest BCUT2D eigenvalue weighted by Gasteiger charge is 2.29. The van der Waals surface area contributed by atoms with Crippen molar-refractivity contribution in [3.05, 3.63) is 89.5 Å². The van der Waals surface area contributed by atoms with Crippen LogP contribution in [0.1, 0.15) is 49.8 Å². The number of carbonyl (C=O) groups excluding carboxylic acids is 1. The van der Waals surface area contributed by atoms with Crippen molar-refractivity contribution in [2.75, 3.05) is 6.61 Å². The number of alkyl carbamates (subject to hydrolysis) is 1. The van der Waals surface area contributed by atoms with Gasteiger partial charge in [-0.2, -0.15) is 0 Å². The van der Waals surface area contributed by atoms with Crippen LogP contribution in [0.4, 0.5) is 4.79 Å². The molecule has 0 spiro atoms. The van der Waals surface area contributed by atoms with Crippen LogP contribution >= 0.6 is 0 Å². The number of rotatable bonds is 8. The Kier molecular flexibility index (Phi) is 7.10. The lowest BCUT2D eigenvalue weighted by atomic mass is 9.98. The van der Waals surface area contributed by atoms with E-state index in [0.717, 1.165) is 33.6 Å². The number of carboxylic acid groups (broad SMARTS) is 1. The Morgan fingerprint density at radius 2 is 1.49 bits per heavy atom. The molecule has 182 valence electrons. The van der Waals surface area contributed by atoms with Crippen LogP contribution < -0.4 is 10.1 Å². The molecule has 0 unspecified atom stereocenters. The molecule has 3 aromatic rings. The summed E-state index contributed by atoms with van der Waals surface area (Å²) in [5, 5.41) is 12.1. The van der Waals surface area contributed by atoms with Gasteiger partial charge in [0, 0.05) is 5.92 Å². The number of hydrogen-bond acceptors (Lipinski definition) is 4. The highest BCUT2D eigenvalue weighted by atomic mass is 16.5. The molecule has 35 heavy (non-hydrogen) atoms. The molecule has 1 amide bonds. The summed E-state index contributed by atoms with van der Waals surface area (Å²) in [6, 6.07) is 22.7. The SMILES string of the molecule is CC(C)(C)Oc1ccc(CC[C@H](NC(=O)OCC2c3ccccc3-c3ccccc32)C(=O)O)cc1. The quantitative estimate of drug-likeness (QED) is 0.433. The Morgan fingerprint density at radius 1 is 0.914 bits per heavy atom. The van der Waals surface area contributed by atoms with Crippen LogP contribution in [0.2, 0.25) is 0 Å². The predicted molar refractivity (Wildman–Crippen MR) is 135 cm³/mol. The van der Waals surface area contributed by atoms with Gasteiger partial charge in [0.1, 0.15) is 24.0 Å². The molecule has 6 heteroatoms. The molecule has 0 aliphatic heterocycles. The first-order valence-corrected chi connectivity index (χ1v) is 11.8. The summed E-state index contributed by atoms with van der Waals surface area (Å²) >= 11 is 0. The zero-order valence-electron chi connectivity index (χ0n) is 20.3. The van der Waals surface area contributed by atoms with Gasteiger partial charge >= 0.3 is 12.1 Å².